The topological polar surface area (TPSA) is 41.1 Å². The van der Waals surface area contributed by atoms with E-state index in [1.54, 1.807) is 0 Å². The molecule has 0 radical (unpaired) electrons. The van der Waals surface area contributed by atoms with E-state index in [1.807, 2.05) is 0 Å². The Labute approximate surface area is 105 Å². The molecule has 1 aliphatic heterocycles. The van der Waals surface area contributed by atoms with E-state index in [2.05, 4.69) is 17.6 Å². The monoisotopic (exact) mass is 238 g/mol. The minimum absolute atomic E-state index is 0.252. The molecule has 0 aromatic rings. The predicted molar refractivity (Wildman–Crippen MR) is 69.8 cm³/mol. The Morgan fingerprint density at radius 2 is 1.76 bits per heavy atom. The lowest BCUT2D eigenvalue weighted by atomic mass is 9.84. The molecule has 1 saturated carbocycles. The summed E-state index contributed by atoms with van der Waals surface area (Å²) in [5, 5.41) is 6.56. The van der Waals surface area contributed by atoms with Gasteiger partial charge < -0.3 is 10.6 Å². The lowest BCUT2D eigenvalue weighted by Crippen LogP contribution is -2.44. The molecule has 2 aliphatic rings. The van der Waals surface area contributed by atoms with Gasteiger partial charge in [-0.1, -0.05) is 19.3 Å². The summed E-state index contributed by atoms with van der Waals surface area (Å²) in [5.74, 6) is 1.27. The Morgan fingerprint density at radius 3 is 2.41 bits per heavy atom. The van der Waals surface area contributed by atoms with Crippen LogP contribution in [0.15, 0.2) is 0 Å². The molecule has 1 heterocycles. The minimum Gasteiger partial charge on any atom is -0.353 e. The Hall–Kier alpha value is -0.570. The molecule has 0 unspecified atom stereocenters. The van der Waals surface area contributed by atoms with Gasteiger partial charge in [0, 0.05) is 12.0 Å². The van der Waals surface area contributed by atoms with Crippen LogP contribution in [0.5, 0.6) is 0 Å². The van der Waals surface area contributed by atoms with Crippen LogP contribution in [0.25, 0.3) is 0 Å². The van der Waals surface area contributed by atoms with Crippen molar-refractivity contribution in [3.05, 3.63) is 0 Å². The maximum Gasteiger partial charge on any atom is 0.223 e. The molecule has 0 bridgehead atoms. The van der Waals surface area contributed by atoms with Gasteiger partial charge in [0.15, 0.2) is 0 Å². The van der Waals surface area contributed by atoms with Crippen molar-refractivity contribution in [2.75, 3.05) is 13.1 Å². The largest absolute Gasteiger partial charge is 0.353 e. The van der Waals surface area contributed by atoms with Crippen LogP contribution in [0, 0.1) is 11.8 Å². The van der Waals surface area contributed by atoms with Gasteiger partial charge in [-0.2, -0.15) is 0 Å². The normalized spacial score (nSPS) is 25.5. The maximum absolute atomic E-state index is 12.1. The van der Waals surface area contributed by atoms with Gasteiger partial charge in [-0.05, 0) is 51.6 Å². The summed E-state index contributed by atoms with van der Waals surface area (Å²) in [6, 6.07) is 0.373. The number of hydrogen-bond donors (Lipinski definition) is 2. The lowest BCUT2D eigenvalue weighted by Gasteiger charge is -2.30. The first-order valence-corrected chi connectivity index (χ1v) is 7.28. The first kappa shape index (κ1) is 12.9. The molecule has 98 valence electrons. The van der Waals surface area contributed by atoms with E-state index in [4.69, 9.17) is 0 Å². The number of hydrogen-bond acceptors (Lipinski definition) is 2. The van der Waals surface area contributed by atoms with Crippen molar-refractivity contribution in [3.8, 4) is 0 Å². The second-order valence-corrected chi connectivity index (χ2v) is 5.72. The highest BCUT2D eigenvalue weighted by molar-refractivity contribution is 5.79. The number of carbonyl (C=O) groups is 1. The highest BCUT2D eigenvalue weighted by Gasteiger charge is 2.25. The third kappa shape index (κ3) is 3.70. The van der Waals surface area contributed by atoms with Crippen LogP contribution in [0.2, 0.25) is 0 Å². The molecule has 2 rings (SSSR count). The summed E-state index contributed by atoms with van der Waals surface area (Å²) in [6.45, 7) is 4.18. The molecule has 1 saturated heterocycles. The molecule has 3 heteroatoms. The van der Waals surface area contributed by atoms with E-state index in [0.717, 1.165) is 31.8 Å². The maximum atomic E-state index is 12.1. The number of carbonyl (C=O) groups excluding carboxylic acids is 1. The van der Waals surface area contributed by atoms with Crippen molar-refractivity contribution < 1.29 is 4.79 Å². The van der Waals surface area contributed by atoms with Crippen LogP contribution in [0.1, 0.15) is 51.9 Å². The summed E-state index contributed by atoms with van der Waals surface area (Å²) >= 11 is 0. The Bertz CT molecular complexity index is 243. The van der Waals surface area contributed by atoms with Gasteiger partial charge >= 0.3 is 0 Å². The van der Waals surface area contributed by atoms with Gasteiger partial charge in [-0.25, -0.2) is 0 Å². The third-order valence-corrected chi connectivity index (χ3v) is 4.44. The van der Waals surface area contributed by atoms with Crippen molar-refractivity contribution in [1.82, 2.24) is 10.6 Å². The van der Waals surface area contributed by atoms with Crippen LogP contribution < -0.4 is 10.6 Å². The van der Waals surface area contributed by atoms with E-state index in [-0.39, 0.29) is 5.92 Å². The van der Waals surface area contributed by atoms with Gasteiger partial charge in [0.2, 0.25) is 5.91 Å². The molecular formula is C14H26N2O. The Balaban J connectivity index is 1.76. The van der Waals surface area contributed by atoms with E-state index >= 15 is 0 Å². The molecule has 17 heavy (non-hydrogen) atoms. The Kier molecular flexibility index (Phi) is 4.84. The summed E-state index contributed by atoms with van der Waals surface area (Å²) in [4.78, 5) is 12.1. The highest BCUT2D eigenvalue weighted by Crippen LogP contribution is 2.26. The van der Waals surface area contributed by atoms with Gasteiger partial charge in [0.25, 0.3) is 0 Å². The number of nitrogens with one attached hydrogen (secondary N) is 2. The van der Waals surface area contributed by atoms with Gasteiger partial charge in [0.05, 0.1) is 0 Å². The molecule has 0 spiro atoms. The van der Waals surface area contributed by atoms with Crippen LogP contribution in [0.3, 0.4) is 0 Å². The predicted octanol–water partition coefficient (Wildman–Crippen LogP) is 2.07. The second kappa shape index (κ2) is 6.39. The molecule has 2 fully saturated rings. The van der Waals surface area contributed by atoms with Crippen LogP contribution in [-0.2, 0) is 4.79 Å². The molecule has 1 amide bonds. The van der Waals surface area contributed by atoms with Crippen molar-refractivity contribution >= 4 is 5.91 Å². The zero-order chi connectivity index (χ0) is 12.1. The first-order valence-electron chi connectivity index (χ1n) is 7.28. The fourth-order valence-electron chi connectivity index (χ4n) is 3.18. The zero-order valence-electron chi connectivity index (χ0n) is 11.0. The summed E-state index contributed by atoms with van der Waals surface area (Å²) < 4.78 is 0. The number of amides is 1. The van der Waals surface area contributed by atoms with E-state index < -0.39 is 0 Å². The lowest BCUT2D eigenvalue weighted by molar-refractivity contribution is -0.126. The van der Waals surface area contributed by atoms with Gasteiger partial charge in [-0.15, -0.1) is 0 Å². The summed E-state index contributed by atoms with van der Waals surface area (Å²) in [6.07, 6.45) is 8.68. The SMILES string of the molecule is C[C@H](NC(=O)C1CCNCC1)C1CCCCC1. The van der Waals surface area contributed by atoms with E-state index in [0.29, 0.717) is 11.9 Å². The fourth-order valence-corrected chi connectivity index (χ4v) is 3.18. The van der Waals surface area contributed by atoms with Crippen molar-refractivity contribution in [2.45, 2.75) is 57.9 Å². The third-order valence-electron chi connectivity index (χ3n) is 4.44. The van der Waals surface area contributed by atoms with E-state index in [1.165, 1.54) is 32.1 Å². The van der Waals surface area contributed by atoms with Crippen molar-refractivity contribution in [3.63, 3.8) is 0 Å². The molecule has 0 aromatic carbocycles. The zero-order valence-corrected chi connectivity index (χ0v) is 11.0. The molecule has 2 N–H and O–H groups in total. The van der Waals surface area contributed by atoms with Crippen molar-refractivity contribution in [2.24, 2.45) is 11.8 Å². The summed E-state index contributed by atoms with van der Waals surface area (Å²) in [5.41, 5.74) is 0. The van der Waals surface area contributed by atoms with Crippen LogP contribution in [-0.4, -0.2) is 25.0 Å². The van der Waals surface area contributed by atoms with Crippen LogP contribution in [0.4, 0.5) is 0 Å². The molecule has 1 aliphatic carbocycles. The average molecular weight is 238 g/mol. The average Bonchev–Trinajstić information content (AvgIpc) is 2.40. The van der Waals surface area contributed by atoms with Gasteiger partial charge in [0.1, 0.15) is 0 Å². The molecule has 3 nitrogen and oxygen atoms in total. The smallest absolute Gasteiger partial charge is 0.223 e. The molecular weight excluding hydrogens is 212 g/mol. The first-order chi connectivity index (χ1) is 8.27. The fraction of sp³-hybridized carbons (Fsp3) is 0.929. The number of rotatable bonds is 3. The quantitative estimate of drug-likeness (QED) is 0.790. The van der Waals surface area contributed by atoms with Crippen LogP contribution >= 0.6 is 0 Å². The minimum atomic E-state index is 0.252. The second-order valence-electron chi connectivity index (χ2n) is 5.72. The van der Waals surface area contributed by atoms with Crippen molar-refractivity contribution in [1.29, 1.82) is 0 Å². The van der Waals surface area contributed by atoms with Gasteiger partial charge in [-0.3, -0.25) is 4.79 Å². The highest BCUT2D eigenvalue weighted by atomic mass is 16.1. The standard InChI is InChI=1S/C14H26N2O/c1-11(12-5-3-2-4-6-12)16-14(17)13-7-9-15-10-8-13/h11-13,15H,2-10H2,1H3,(H,16,17)/t11-/m0/s1. The Morgan fingerprint density at radius 1 is 1.12 bits per heavy atom. The number of piperidine rings is 1. The molecule has 1 atom stereocenters. The summed E-state index contributed by atoms with van der Waals surface area (Å²) in [7, 11) is 0. The van der Waals surface area contributed by atoms with E-state index in [9.17, 15) is 4.79 Å². The molecule has 0 aromatic heterocycles.